The van der Waals surface area contributed by atoms with Crippen LogP contribution in [0.4, 0.5) is 0 Å². The molecule has 0 aliphatic carbocycles. The van der Waals surface area contributed by atoms with Crippen LogP contribution >= 0.6 is 46.9 Å². The maximum atomic E-state index is 5.88. The van der Waals surface area contributed by atoms with Gasteiger partial charge in [0.2, 0.25) is 0 Å². The van der Waals surface area contributed by atoms with Gasteiger partial charge in [-0.05, 0) is 18.1 Å². The Morgan fingerprint density at radius 3 is 2.50 bits per heavy atom. The highest BCUT2D eigenvalue weighted by molar-refractivity contribution is 7.20. The number of guanidine groups is 1. The fourth-order valence-electron chi connectivity index (χ4n) is 0.850. The number of hydrogen-bond donors (Lipinski definition) is 2. The molecule has 1 aromatic rings. The van der Waals surface area contributed by atoms with Crippen molar-refractivity contribution in [2.45, 2.75) is 6.42 Å². The van der Waals surface area contributed by atoms with Gasteiger partial charge in [0.05, 0.1) is 8.67 Å². The van der Waals surface area contributed by atoms with Gasteiger partial charge in [-0.2, -0.15) is 0 Å². The maximum Gasteiger partial charge on any atom is 0.185 e. The monoisotopic (exact) mass is 273 g/mol. The van der Waals surface area contributed by atoms with E-state index in [1.165, 1.54) is 11.3 Å². The summed E-state index contributed by atoms with van der Waals surface area (Å²) in [5.74, 6) is 0.0949. The smallest absolute Gasteiger partial charge is 0.185 e. The molecule has 1 rings (SSSR count). The summed E-state index contributed by atoms with van der Waals surface area (Å²) in [5.41, 5.74) is 11.3. The fourth-order valence-corrected chi connectivity index (χ4v) is 2.39. The molecule has 0 saturated carbocycles. The van der Waals surface area contributed by atoms with E-state index in [2.05, 4.69) is 4.99 Å². The van der Waals surface area contributed by atoms with Crippen molar-refractivity contribution in [1.29, 1.82) is 0 Å². The summed E-state index contributed by atoms with van der Waals surface area (Å²) >= 11 is 13.0. The highest BCUT2D eigenvalue weighted by atomic mass is 35.5. The molecule has 0 unspecified atom stereocenters. The predicted molar refractivity (Wildman–Crippen MR) is 66.0 cm³/mol. The van der Waals surface area contributed by atoms with Crippen LogP contribution in [-0.2, 0) is 6.42 Å². The molecule has 0 aliphatic rings. The van der Waals surface area contributed by atoms with Crippen molar-refractivity contribution in [1.82, 2.24) is 0 Å². The first kappa shape index (κ1) is 13.8. The summed E-state index contributed by atoms with van der Waals surface area (Å²) in [5, 5.41) is 0. The highest BCUT2D eigenvalue weighted by Crippen LogP contribution is 2.31. The van der Waals surface area contributed by atoms with Gasteiger partial charge in [-0.1, -0.05) is 23.2 Å². The lowest BCUT2D eigenvalue weighted by molar-refractivity contribution is 0.967. The summed E-state index contributed by atoms with van der Waals surface area (Å²) in [6.45, 7) is 0.537. The average Bonchev–Trinajstić information content (AvgIpc) is 2.29. The van der Waals surface area contributed by atoms with Crippen LogP contribution < -0.4 is 11.5 Å². The van der Waals surface area contributed by atoms with Gasteiger partial charge >= 0.3 is 0 Å². The van der Waals surface area contributed by atoms with Gasteiger partial charge in [-0.15, -0.1) is 23.7 Å². The van der Waals surface area contributed by atoms with E-state index in [1.54, 1.807) is 0 Å². The first-order valence-electron chi connectivity index (χ1n) is 3.58. The van der Waals surface area contributed by atoms with Crippen molar-refractivity contribution in [3.05, 3.63) is 20.3 Å². The van der Waals surface area contributed by atoms with E-state index in [-0.39, 0.29) is 18.4 Å². The van der Waals surface area contributed by atoms with Gasteiger partial charge in [0.15, 0.2) is 5.96 Å². The number of aliphatic imine (C=N–C) groups is 1. The van der Waals surface area contributed by atoms with E-state index in [0.29, 0.717) is 21.6 Å². The predicted octanol–water partition coefficient (Wildman–Crippen LogP) is 2.29. The Labute approximate surface area is 103 Å². The lowest BCUT2D eigenvalue weighted by atomic mass is 10.2. The third-order valence-corrected chi connectivity index (χ3v) is 2.97. The minimum atomic E-state index is 0. The van der Waals surface area contributed by atoms with Crippen LogP contribution in [0.2, 0.25) is 8.67 Å². The molecule has 0 bridgehead atoms. The van der Waals surface area contributed by atoms with Gasteiger partial charge in [0.25, 0.3) is 0 Å². The van der Waals surface area contributed by atoms with E-state index in [9.17, 15) is 0 Å². The minimum Gasteiger partial charge on any atom is -0.370 e. The first-order valence-corrected chi connectivity index (χ1v) is 5.16. The number of halogens is 3. The van der Waals surface area contributed by atoms with Crippen molar-refractivity contribution in [3.63, 3.8) is 0 Å². The second-order valence-electron chi connectivity index (χ2n) is 2.41. The van der Waals surface area contributed by atoms with E-state index < -0.39 is 0 Å². The standard InChI is InChI=1S/C7H9Cl2N3S.ClH/c8-5-3-4(6(9)13-5)1-2-12-7(10)11;/h3H,1-2H2,(H4,10,11,12);1H. The number of rotatable bonds is 3. The van der Waals surface area contributed by atoms with Crippen molar-refractivity contribution >= 4 is 52.9 Å². The number of thiophene rings is 1. The molecule has 7 heteroatoms. The zero-order chi connectivity index (χ0) is 9.84. The van der Waals surface area contributed by atoms with Gasteiger partial charge in [-0.3, -0.25) is 4.99 Å². The topological polar surface area (TPSA) is 64.4 Å². The van der Waals surface area contributed by atoms with Crippen LogP contribution in [0, 0.1) is 0 Å². The molecule has 1 aromatic heterocycles. The van der Waals surface area contributed by atoms with Gasteiger partial charge in [0, 0.05) is 6.54 Å². The minimum absolute atomic E-state index is 0. The third kappa shape index (κ3) is 4.37. The van der Waals surface area contributed by atoms with E-state index >= 15 is 0 Å². The summed E-state index contributed by atoms with van der Waals surface area (Å²) in [7, 11) is 0. The molecule has 0 amide bonds. The lowest BCUT2D eigenvalue weighted by Crippen LogP contribution is -2.23. The largest absolute Gasteiger partial charge is 0.370 e. The van der Waals surface area contributed by atoms with Gasteiger partial charge < -0.3 is 11.5 Å². The molecule has 0 radical (unpaired) electrons. The fraction of sp³-hybridized carbons (Fsp3) is 0.286. The molecule has 14 heavy (non-hydrogen) atoms. The van der Waals surface area contributed by atoms with E-state index in [4.69, 9.17) is 34.7 Å². The summed E-state index contributed by atoms with van der Waals surface area (Å²) in [6.07, 6.45) is 0.708. The Hall–Kier alpha value is -0.160. The van der Waals surface area contributed by atoms with Crippen LogP contribution in [0.15, 0.2) is 11.1 Å². The lowest BCUT2D eigenvalue weighted by Gasteiger charge is -1.94. The number of nitrogens with zero attached hydrogens (tertiary/aromatic N) is 1. The Balaban J connectivity index is 0.00000169. The Morgan fingerprint density at radius 2 is 2.07 bits per heavy atom. The third-order valence-electron chi connectivity index (χ3n) is 1.40. The highest BCUT2D eigenvalue weighted by Gasteiger charge is 2.04. The van der Waals surface area contributed by atoms with Gasteiger partial charge in [-0.25, -0.2) is 0 Å². The van der Waals surface area contributed by atoms with Crippen LogP contribution in [0.25, 0.3) is 0 Å². The first-order chi connectivity index (χ1) is 6.09. The van der Waals surface area contributed by atoms with Crippen LogP contribution in [0.5, 0.6) is 0 Å². The number of nitrogens with two attached hydrogens (primary N) is 2. The van der Waals surface area contributed by atoms with E-state index in [1.807, 2.05) is 6.07 Å². The normalized spacial score (nSPS) is 9.29. The average molecular weight is 275 g/mol. The zero-order valence-corrected chi connectivity index (χ0v) is 10.3. The van der Waals surface area contributed by atoms with Gasteiger partial charge in [0.1, 0.15) is 0 Å². The molecule has 0 aromatic carbocycles. The summed E-state index contributed by atoms with van der Waals surface area (Å²) < 4.78 is 1.39. The SMILES string of the molecule is Cl.NC(N)=NCCc1cc(Cl)sc1Cl. The van der Waals surface area contributed by atoms with E-state index in [0.717, 1.165) is 5.56 Å². The second-order valence-corrected chi connectivity index (χ2v) is 4.69. The van der Waals surface area contributed by atoms with Crippen LogP contribution in [0.1, 0.15) is 5.56 Å². The van der Waals surface area contributed by atoms with Crippen molar-refractivity contribution in [2.24, 2.45) is 16.5 Å². The van der Waals surface area contributed by atoms with Crippen molar-refractivity contribution in [2.75, 3.05) is 6.54 Å². The van der Waals surface area contributed by atoms with Crippen molar-refractivity contribution in [3.8, 4) is 0 Å². The summed E-state index contributed by atoms with van der Waals surface area (Å²) in [4.78, 5) is 3.85. The Morgan fingerprint density at radius 1 is 1.43 bits per heavy atom. The maximum absolute atomic E-state index is 5.88. The second kappa shape index (κ2) is 6.35. The zero-order valence-electron chi connectivity index (χ0n) is 7.17. The molecule has 80 valence electrons. The Bertz CT molecular complexity index is 320. The molecule has 0 spiro atoms. The molecule has 0 fully saturated rings. The van der Waals surface area contributed by atoms with Crippen molar-refractivity contribution < 1.29 is 0 Å². The molecular formula is C7H10Cl3N3S. The molecule has 4 N–H and O–H groups in total. The molecular weight excluding hydrogens is 265 g/mol. The van der Waals surface area contributed by atoms with Crippen LogP contribution in [0.3, 0.4) is 0 Å². The van der Waals surface area contributed by atoms with Crippen LogP contribution in [-0.4, -0.2) is 12.5 Å². The quantitative estimate of drug-likeness (QED) is 0.656. The molecule has 0 aliphatic heterocycles. The molecule has 0 atom stereocenters. The molecule has 3 nitrogen and oxygen atoms in total. The Kier molecular flexibility index (Phi) is 6.27. The molecule has 1 heterocycles. The number of hydrogen-bond acceptors (Lipinski definition) is 2. The summed E-state index contributed by atoms with van der Waals surface area (Å²) in [6, 6.07) is 1.83. The molecule has 0 saturated heterocycles.